The van der Waals surface area contributed by atoms with Crippen LogP contribution in [-0.4, -0.2) is 27.0 Å². The summed E-state index contributed by atoms with van der Waals surface area (Å²) in [7, 11) is -2.88. The summed E-state index contributed by atoms with van der Waals surface area (Å²) in [5.41, 5.74) is 8.54. The van der Waals surface area contributed by atoms with Crippen LogP contribution in [0.2, 0.25) is 0 Å². The average molecular weight is 281 g/mol. The van der Waals surface area contributed by atoms with Crippen molar-refractivity contribution in [3.8, 4) is 0 Å². The van der Waals surface area contributed by atoms with E-state index in [-0.39, 0.29) is 11.2 Å². The lowest BCUT2D eigenvalue weighted by Crippen LogP contribution is -2.31. The number of nitrogens with two attached hydrogens (primary N) is 1. The molecule has 106 valence electrons. The highest BCUT2D eigenvalue weighted by Crippen LogP contribution is 2.40. The number of sulfone groups is 1. The van der Waals surface area contributed by atoms with Gasteiger partial charge < -0.3 is 5.73 Å². The third-order valence-corrected chi connectivity index (χ3v) is 5.22. The highest BCUT2D eigenvalue weighted by atomic mass is 32.2. The van der Waals surface area contributed by atoms with Crippen LogP contribution in [0.4, 0.5) is 0 Å². The van der Waals surface area contributed by atoms with Crippen molar-refractivity contribution in [3.05, 3.63) is 35.4 Å². The standard InChI is InChI=1S/C15H23NO2S/c1-19(17,18)11-8-13-4-6-14(7-5-13)15(12-16)9-2-3-10-15/h4-7H,2-3,8-12,16H2,1H3. The van der Waals surface area contributed by atoms with Gasteiger partial charge in [0.15, 0.2) is 0 Å². The molecule has 0 aliphatic heterocycles. The van der Waals surface area contributed by atoms with Gasteiger partial charge in [0.1, 0.15) is 9.84 Å². The molecule has 0 unspecified atom stereocenters. The fraction of sp³-hybridized carbons (Fsp3) is 0.600. The van der Waals surface area contributed by atoms with Crippen LogP contribution in [0.3, 0.4) is 0 Å². The van der Waals surface area contributed by atoms with Crippen molar-refractivity contribution in [3.63, 3.8) is 0 Å². The van der Waals surface area contributed by atoms with Gasteiger partial charge in [-0.15, -0.1) is 0 Å². The summed E-state index contributed by atoms with van der Waals surface area (Å²) in [5, 5.41) is 0. The monoisotopic (exact) mass is 281 g/mol. The molecule has 4 heteroatoms. The van der Waals surface area contributed by atoms with Crippen LogP contribution in [0.5, 0.6) is 0 Å². The van der Waals surface area contributed by atoms with Gasteiger partial charge in [0, 0.05) is 18.2 Å². The Hall–Kier alpha value is -0.870. The first-order valence-electron chi connectivity index (χ1n) is 6.92. The zero-order valence-corrected chi connectivity index (χ0v) is 12.4. The summed E-state index contributed by atoms with van der Waals surface area (Å²) in [6, 6.07) is 8.37. The summed E-state index contributed by atoms with van der Waals surface area (Å²) in [6.07, 6.45) is 6.73. The predicted molar refractivity (Wildman–Crippen MR) is 79.1 cm³/mol. The molecule has 1 fully saturated rings. The van der Waals surface area contributed by atoms with Crippen molar-refractivity contribution in [1.82, 2.24) is 0 Å². The second kappa shape index (κ2) is 5.63. The van der Waals surface area contributed by atoms with Gasteiger partial charge in [-0.25, -0.2) is 8.42 Å². The molecule has 0 atom stereocenters. The van der Waals surface area contributed by atoms with Gasteiger partial charge in [-0.2, -0.15) is 0 Å². The largest absolute Gasteiger partial charge is 0.330 e. The van der Waals surface area contributed by atoms with Gasteiger partial charge in [0.05, 0.1) is 5.75 Å². The normalized spacial score (nSPS) is 18.6. The number of rotatable bonds is 5. The van der Waals surface area contributed by atoms with E-state index < -0.39 is 9.84 Å². The Morgan fingerprint density at radius 2 is 1.74 bits per heavy atom. The molecule has 0 heterocycles. The fourth-order valence-corrected chi connectivity index (χ4v) is 3.60. The molecule has 1 aromatic carbocycles. The first kappa shape index (κ1) is 14.5. The van der Waals surface area contributed by atoms with E-state index in [1.807, 2.05) is 0 Å². The Balaban J connectivity index is 2.10. The van der Waals surface area contributed by atoms with Crippen LogP contribution >= 0.6 is 0 Å². The van der Waals surface area contributed by atoms with Crippen molar-refractivity contribution in [2.75, 3.05) is 18.6 Å². The Labute approximate surface area is 116 Å². The van der Waals surface area contributed by atoms with Crippen molar-refractivity contribution >= 4 is 9.84 Å². The maximum atomic E-state index is 11.2. The van der Waals surface area contributed by atoms with E-state index in [0.29, 0.717) is 13.0 Å². The van der Waals surface area contributed by atoms with Crippen LogP contribution in [0.25, 0.3) is 0 Å². The van der Waals surface area contributed by atoms with Crippen LogP contribution in [0.1, 0.15) is 36.8 Å². The zero-order valence-electron chi connectivity index (χ0n) is 11.6. The lowest BCUT2D eigenvalue weighted by molar-refractivity contribution is 0.453. The highest BCUT2D eigenvalue weighted by molar-refractivity contribution is 7.90. The van der Waals surface area contributed by atoms with Crippen LogP contribution in [-0.2, 0) is 21.7 Å². The highest BCUT2D eigenvalue weighted by Gasteiger charge is 2.33. The minimum absolute atomic E-state index is 0.162. The smallest absolute Gasteiger partial charge is 0.147 e. The molecule has 1 saturated carbocycles. The third kappa shape index (κ3) is 3.57. The van der Waals surface area contributed by atoms with E-state index in [0.717, 1.165) is 5.56 Å². The fourth-order valence-electron chi connectivity index (χ4n) is 2.99. The van der Waals surface area contributed by atoms with E-state index in [4.69, 9.17) is 5.73 Å². The van der Waals surface area contributed by atoms with Crippen molar-refractivity contribution in [2.45, 2.75) is 37.5 Å². The Morgan fingerprint density at radius 1 is 1.16 bits per heavy atom. The van der Waals surface area contributed by atoms with Crippen molar-refractivity contribution in [2.24, 2.45) is 5.73 Å². The molecule has 0 spiro atoms. The maximum Gasteiger partial charge on any atom is 0.147 e. The van der Waals surface area contributed by atoms with Gasteiger partial charge in [-0.1, -0.05) is 37.1 Å². The number of hydrogen-bond acceptors (Lipinski definition) is 3. The molecule has 0 amide bonds. The molecular weight excluding hydrogens is 258 g/mol. The molecule has 0 saturated heterocycles. The molecule has 19 heavy (non-hydrogen) atoms. The molecule has 1 aliphatic rings. The molecule has 3 nitrogen and oxygen atoms in total. The van der Waals surface area contributed by atoms with E-state index in [2.05, 4.69) is 24.3 Å². The summed E-state index contributed by atoms with van der Waals surface area (Å²) in [5.74, 6) is 0.217. The van der Waals surface area contributed by atoms with Crippen LogP contribution < -0.4 is 5.73 Å². The van der Waals surface area contributed by atoms with Crippen molar-refractivity contribution in [1.29, 1.82) is 0 Å². The van der Waals surface area contributed by atoms with Gasteiger partial charge >= 0.3 is 0 Å². The predicted octanol–water partition coefficient (Wildman–Crippen LogP) is 2.04. The second-order valence-corrected chi connectivity index (χ2v) is 8.03. The minimum Gasteiger partial charge on any atom is -0.330 e. The lowest BCUT2D eigenvalue weighted by Gasteiger charge is -2.28. The molecule has 1 aliphatic carbocycles. The second-order valence-electron chi connectivity index (χ2n) is 5.77. The zero-order chi connectivity index (χ0) is 13.9. The summed E-state index contributed by atoms with van der Waals surface area (Å²) in [4.78, 5) is 0. The lowest BCUT2D eigenvalue weighted by atomic mass is 9.79. The number of aryl methyl sites for hydroxylation is 1. The summed E-state index contributed by atoms with van der Waals surface area (Å²) >= 11 is 0. The summed E-state index contributed by atoms with van der Waals surface area (Å²) < 4.78 is 22.3. The van der Waals surface area contributed by atoms with E-state index >= 15 is 0 Å². The first-order chi connectivity index (χ1) is 8.95. The Kier molecular flexibility index (Phi) is 4.31. The average Bonchev–Trinajstić information content (AvgIpc) is 2.86. The molecule has 2 rings (SSSR count). The third-order valence-electron chi connectivity index (χ3n) is 4.28. The van der Waals surface area contributed by atoms with E-state index in [1.165, 1.54) is 37.5 Å². The van der Waals surface area contributed by atoms with Crippen molar-refractivity contribution < 1.29 is 8.42 Å². The van der Waals surface area contributed by atoms with Gasteiger partial charge in [-0.05, 0) is 30.4 Å². The first-order valence-corrected chi connectivity index (χ1v) is 8.98. The molecule has 0 bridgehead atoms. The SMILES string of the molecule is CS(=O)(=O)CCc1ccc(C2(CN)CCCC2)cc1. The number of hydrogen-bond donors (Lipinski definition) is 1. The number of benzene rings is 1. The molecule has 1 aromatic rings. The molecule has 2 N–H and O–H groups in total. The maximum absolute atomic E-state index is 11.2. The van der Waals surface area contributed by atoms with Gasteiger partial charge in [0.25, 0.3) is 0 Å². The quantitative estimate of drug-likeness (QED) is 0.898. The van der Waals surface area contributed by atoms with Crippen LogP contribution in [0, 0.1) is 0 Å². The van der Waals surface area contributed by atoms with Gasteiger partial charge in [-0.3, -0.25) is 0 Å². The topological polar surface area (TPSA) is 60.2 Å². The molecule has 0 aromatic heterocycles. The van der Waals surface area contributed by atoms with Gasteiger partial charge in [0.2, 0.25) is 0 Å². The Morgan fingerprint density at radius 3 is 2.21 bits per heavy atom. The minimum atomic E-state index is -2.88. The summed E-state index contributed by atoms with van der Waals surface area (Å²) in [6.45, 7) is 0.704. The van der Waals surface area contributed by atoms with E-state index in [9.17, 15) is 8.42 Å². The Bertz CT molecular complexity index is 514. The molecule has 0 radical (unpaired) electrons. The van der Waals surface area contributed by atoms with E-state index in [1.54, 1.807) is 0 Å². The molecular formula is C15H23NO2S. The van der Waals surface area contributed by atoms with Crippen LogP contribution in [0.15, 0.2) is 24.3 Å².